The van der Waals surface area contributed by atoms with Gasteiger partial charge >= 0.3 is 0 Å². The Morgan fingerprint density at radius 2 is 1.70 bits per heavy atom. The van der Waals surface area contributed by atoms with Crippen molar-refractivity contribution in [3.8, 4) is 0 Å². The van der Waals surface area contributed by atoms with Crippen molar-refractivity contribution in [3.05, 3.63) is 24.5 Å². The van der Waals surface area contributed by atoms with Crippen LogP contribution in [-0.2, 0) is 4.74 Å². The van der Waals surface area contributed by atoms with Gasteiger partial charge in [-0.1, -0.05) is 27.0 Å². The van der Waals surface area contributed by atoms with Crippen molar-refractivity contribution in [1.82, 2.24) is 0 Å². The fourth-order valence-electron chi connectivity index (χ4n) is 0.297. The zero-order chi connectivity index (χ0) is 8.57. The van der Waals surface area contributed by atoms with Crippen molar-refractivity contribution in [2.24, 2.45) is 0 Å². The molecule has 0 aromatic rings. The Kier molecular flexibility index (Phi) is 9.94. The first-order valence-corrected chi connectivity index (χ1v) is 3.66. The van der Waals surface area contributed by atoms with E-state index >= 15 is 0 Å². The molecule has 0 radical (unpaired) electrons. The van der Waals surface area contributed by atoms with Gasteiger partial charge in [0.15, 0.2) is 0 Å². The van der Waals surface area contributed by atoms with Crippen LogP contribution in [0.4, 0.5) is 0 Å². The third kappa shape index (κ3) is 7.28. The second-order valence-corrected chi connectivity index (χ2v) is 1.64. The molecule has 0 heterocycles. The largest absolute Gasteiger partial charge is 0.494 e. The van der Waals surface area contributed by atoms with Gasteiger partial charge in [-0.3, -0.25) is 0 Å². The summed E-state index contributed by atoms with van der Waals surface area (Å²) in [4.78, 5) is 0. The van der Waals surface area contributed by atoms with Crippen molar-refractivity contribution in [2.75, 3.05) is 6.61 Å². The smallest absolute Gasteiger partial charge is 0.114 e. The first-order chi connectivity index (χ1) is 4.68. The minimum Gasteiger partial charge on any atom is -0.494 e. The number of allylic oxidation sites excluding steroid dienone is 1. The molecule has 0 amide bonds. The fourth-order valence-corrected chi connectivity index (χ4v) is 0.297. The van der Waals surface area contributed by atoms with Crippen LogP contribution < -0.4 is 0 Å². The Morgan fingerprint density at radius 3 is 1.80 bits per heavy atom. The van der Waals surface area contributed by atoms with Crippen LogP contribution in [-0.4, -0.2) is 6.61 Å². The van der Waals surface area contributed by atoms with Gasteiger partial charge in [0.25, 0.3) is 0 Å². The van der Waals surface area contributed by atoms with Gasteiger partial charge in [0, 0.05) is 0 Å². The highest BCUT2D eigenvalue weighted by Crippen LogP contribution is 2.03. The Hall–Kier alpha value is -0.720. The number of hydrogen-bond acceptors (Lipinski definition) is 1. The third-order valence-corrected chi connectivity index (χ3v) is 0.795. The van der Waals surface area contributed by atoms with E-state index in [4.69, 9.17) is 4.74 Å². The van der Waals surface area contributed by atoms with Gasteiger partial charge in [0.05, 0.1) is 6.61 Å². The monoisotopic (exact) mass is 142 g/mol. The molecule has 0 saturated heterocycles. The fraction of sp³-hybridized carbons (Fsp3) is 0.556. The van der Waals surface area contributed by atoms with Gasteiger partial charge in [0.1, 0.15) is 5.76 Å². The van der Waals surface area contributed by atoms with Crippen LogP contribution in [0.15, 0.2) is 24.5 Å². The quantitative estimate of drug-likeness (QED) is 0.434. The highest BCUT2D eigenvalue weighted by Gasteiger charge is 1.89. The van der Waals surface area contributed by atoms with Crippen LogP contribution in [0.1, 0.15) is 27.7 Å². The summed E-state index contributed by atoms with van der Waals surface area (Å²) < 4.78 is 5.01. The SMILES string of the molecule is C=C(C)C(=C)OCC.CC. The molecular formula is C9H18O. The lowest BCUT2D eigenvalue weighted by molar-refractivity contribution is 0.239. The lowest BCUT2D eigenvalue weighted by Crippen LogP contribution is -1.88. The molecule has 10 heavy (non-hydrogen) atoms. The van der Waals surface area contributed by atoms with Gasteiger partial charge in [-0.25, -0.2) is 0 Å². The summed E-state index contributed by atoms with van der Waals surface area (Å²) in [6.07, 6.45) is 0. The molecule has 0 fully saturated rings. The maximum absolute atomic E-state index is 5.01. The molecule has 0 spiro atoms. The lowest BCUT2D eigenvalue weighted by Gasteiger charge is -2.03. The highest BCUT2D eigenvalue weighted by atomic mass is 16.5. The van der Waals surface area contributed by atoms with E-state index in [1.165, 1.54) is 0 Å². The van der Waals surface area contributed by atoms with Crippen LogP contribution in [0.3, 0.4) is 0 Å². The zero-order valence-corrected chi connectivity index (χ0v) is 7.53. The average molecular weight is 142 g/mol. The van der Waals surface area contributed by atoms with Gasteiger partial charge < -0.3 is 4.74 Å². The van der Waals surface area contributed by atoms with E-state index in [0.717, 1.165) is 5.57 Å². The molecule has 0 unspecified atom stereocenters. The number of hydrogen-bond donors (Lipinski definition) is 0. The third-order valence-electron chi connectivity index (χ3n) is 0.795. The Morgan fingerprint density at radius 1 is 1.30 bits per heavy atom. The predicted molar refractivity (Wildman–Crippen MR) is 46.9 cm³/mol. The second kappa shape index (κ2) is 8.28. The van der Waals surface area contributed by atoms with E-state index in [1.54, 1.807) is 0 Å². The molecule has 0 N–H and O–H groups in total. The van der Waals surface area contributed by atoms with Crippen molar-refractivity contribution in [1.29, 1.82) is 0 Å². The molecule has 1 heteroatoms. The minimum atomic E-state index is 0.672. The molecule has 0 bridgehead atoms. The van der Waals surface area contributed by atoms with E-state index in [1.807, 2.05) is 27.7 Å². The molecule has 0 saturated carbocycles. The van der Waals surface area contributed by atoms with E-state index in [9.17, 15) is 0 Å². The van der Waals surface area contributed by atoms with E-state index in [0.29, 0.717) is 12.4 Å². The van der Waals surface area contributed by atoms with Crippen molar-refractivity contribution < 1.29 is 4.74 Å². The molecule has 0 aliphatic carbocycles. The van der Waals surface area contributed by atoms with Crippen molar-refractivity contribution >= 4 is 0 Å². The molecule has 0 atom stereocenters. The molecule has 1 nitrogen and oxygen atoms in total. The van der Waals surface area contributed by atoms with Gasteiger partial charge in [-0.05, 0) is 19.4 Å². The van der Waals surface area contributed by atoms with Gasteiger partial charge in [0.2, 0.25) is 0 Å². The van der Waals surface area contributed by atoms with Crippen LogP contribution in [0.25, 0.3) is 0 Å². The number of ether oxygens (including phenoxy) is 1. The van der Waals surface area contributed by atoms with Crippen molar-refractivity contribution in [2.45, 2.75) is 27.7 Å². The van der Waals surface area contributed by atoms with Gasteiger partial charge in [-0.15, -0.1) is 0 Å². The topological polar surface area (TPSA) is 9.23 Å². The molecule has 0 aromatic heterocycles. The maximum atomic E-state index is 5.01. The predicted octanol–water partition coefficient (Wildman–Crippen LogP) is 3.14. The van der Waals surface area contributed by atoms with Gasteiger partial charge in [-0.2, -0.15) is 0 Å². The second-order valence-electron chi connectivity index (χ2n) is 1.64. The average Bonchev–Trinajstić information content (AvgIpc) is 1.93. The Balaban J connectivity index is 0. The lowest BCUT2D eigenvalue weighted by atomic mass is 10.3. The first kappa shape index (κ1) is 12.0. The minimum absolute atomic E-state index is 0.672. The molecule has 0 aliphatic rings. The molecule has 0 aromatic carbocycles. The maximum Gasteiger partial charge on any atom is 0.114 e. The van der Waals surface area contributed by atoms with Crippen LogP contribution in [0, 0.1) is 0 Å². The summed E-state index contributed by atoms with van der Waals surface area (Å²) in [5.74, 6) is 0.688. The van der Waals surface area contributed by atoms with E-state index in [2.05, 4.69) is 13.2 Å². The summed E-state index contributed by atoms with van der Waals surface area (Å²) in [6, 6.07) is 0. The summed E-state index contributed by atoms with van der Waals surface area (Å²) >= 11 is 0. The molecular weight excluding hydrogens is 124 g/mol. The Bertz CT molecular complexity index is 103. The normalized spacial score (nSPS) is 7.20. The Labute approximate surface area is 64.4 Å². The van der Waals surface area contributed by atoms with Crippen molar-refractivity contribution in [3.63, 3.8) is 0 Å². The van der Waals surface area contributed by atoms with Crippen LogP contribution in [0.5, 0.6) is 0 Å². The van der Waals surface area contributed by atoms with Crippen LogP contribution >= 0.6 is 0 Å². The van der Waals surface area contributed by atoms with E-state index in [-0.39, 0.29) is 0 Å². The molecule has 0 rings (SSSR count). The summed E-state index contributed by atoms with van der Waals surface area (Å²) in [6.45, 7) is 15.7. The molecule has 60 valence electrons. The number of rotatable bonds is 3. The highest BCUT2D eigenvalue weighted by molar-refractivity contribution is 5.15. The standard InChI is InChI=1S/C7H12O.C2H6/c1-5-8-7(4)6(2)3;1-2/h2,4-5H2,1,3H3;1-2H3. The summed E-state index contributed by atoms with van der Waals surface area (Å²) in [5.41, 5.74) is 0.895. The first-order valence-electron chi connectivity index (χ1n) is 3.66. The molecule has 0 aliphatic heterocycles. The summed E-state index contributed by atoms with van der Waals surface area (Å²) in [7, 11) is 0. The zero-order valence-electron chi connectivity index (χ0n) is 7.53. The van der Waals surface area contributed by atoms with Crippen LogP contribution in [0.2, 0.25) is 0 Å². The summed E-state index contributed by atoms with van der Waals surface area (Å²) in [5, 5.41) is 0. The van der Waals surface area contributed by atoms with E-state index < -0.39 is 0 Å².